The second-order valence-corrected chi connectivity index (χ2v) is 6.85. The maximum Gasteiger partial charge on any atom is 0.221 e. The summed E-state index contributed by atoms with van der Waals surface area (Å²) >= 11 is 0. The molecule has 1 aliphatic heterocycles. The summed E-state index contributed by atoms with van der Waals surface area (Å²) in [5, 5.41) is 5.07. The first kappa shape index (κ1) is 15.2. The van der Waals surface area contributed by atoms with Gasteiger partial charge in [0.1, 0.15) is 12.4 Å². The minimum Gasteiger partial charge on any atom is -0.496 e. The number of nitrogens with zero attached hydrogens (tertiary/aromatic N) is 1. The third kappa shape index (κ3) is 2.79. The minimum absolute atomic E-state index is 0.0920. The summed E-state index contributed by atoms with van der Waals surface area (Å²) in [5.41, 5.74) is 1.08. The average Bonchev–Trinajstić information content (AvgIpc) is 3.35. The number of aryl methyl sites for hydroxylation is 1. The highest BCUT2D eigenvalue weighted by Gasteiger charge is 2.42. The molecule has 1 saturated carbocycles. The van der Waals surface area contributed by atoms with E-state index in [-0.39, 0.29) is 11.9 Å². The van der Waals surface area contributed by atoms with E-state index in [9.17, 15) is 4.79 Å². The maximum absolute atomic E-state index is 11.7. The van der Waals surface area contributed by atoms with Gasteiger partial charge in [-0.3, -0.25) is 4.79 Å². The third-order valence-corrected chi connectivity index (χ3v) is 5.15. The Morgan fingerprint density at radius 1 is 1.33 bits per heavy atom. The largest absolute Gasteiger partial charge is 0.496 e. The van der Waals surface area contributed by atoms with Gasteiger partial charge in [0.25, 0.3) is 0 Å². The molecule has 1 aromatic heterocycles. The highest BCUT2D eigenvalue weighted by Crippen LogP contribution is 2.42. The van der Waals surface area contributed by atoms with Crippen LogP contribution in [0.25, 0.3) is 10.8 Å². The van der Waals surface area contributed by atoms with Crippen molar-refractivity contribution in [2.45, 2.75) is 32.2 Å². The summed E-state index contributed by atoms with van der Waals surface area (Å²) in [4.78, 5) is 16.1. The molecule has 2 fully saturated rings. The van der Waals surface area contributed by atoms with E-state index in [1.165, 1.54) is 12.8 Å². The molecule has 2 aliphatic rings. The van der Waals surface area contributed by atoms with Crippen molar-refractivity contribution in [3.8, 4) is 11.6 Å². The van der Waals surface area contributed by atoms with E-state index in [0.717, 1.165) is 22.1 Å². The van der Waals surface area contributed by atoms with Crippen molar-refractivity contribution in [3.63, 3.8) is 0 Å². The topological polar surface area (TPSA) is 60.5 Å². The predicted octanol–water partition coefficient (Wildman–Crippen LogP) is 2.85. The van der Waals surface area contributed by atoms with Crippen molar-refractivity contribution < 1.29 is 14.3 Å². The van der Waals surface area contributed by atoms with E-state index in [1.807, 2.05) is 19.1 Å². The molecule has 1 unspecified atom stereocenters. The van der Waals surface area contributed by atoms with Gasteiger partial charge < -0.3 is 14.8 Å². The Kier molecular flexibility index (Phi) is 3.79. The number of fused-ring (bicyclic) bond motifs is 1. The number of carbonyl (C=O) groups is 1. The molecule has 1 amide bonds. The molecule has 1 saturated heterocycles. The number of amides is 1. The van der Waals surface area contributed by atoms with Gasteiger partial charge in [0.05, 0.1) is 13.2 Å². The molecule has 2 aromatic rings. The Morgan fingerprint density at radius 2 is 2.17 bits per heavy atom. The van der Waals surface area contributed by atoms with Crippen LogP contribution in [0, 0.1) is 18.8 Å². The number of benzene rings is 1. The van der Waals surface area contributed by atoms with Crippen molar-refractivity contribution in [2.75, 3.05) is 13.7 Å². The highest BCUT2D eigenvalue weighted by molar-refractivity contribution is 5.89. The van der Waals surface area contributed by atoms with Crippen molar-refractivity contribution >= 4 is 16.7 Å². The van der Waals surface area contributed by atoms with E-state index < -0.39 is 0 Å². The van der Waals surface area contributed by atoms with Gasteiger partial charge in [0.15, 0.2) is 0 Å². The first-order chi connectivity index (χ1) is 11.7. The summed E-state index contributed by atoms with van der Waals surface area (Å²) in [6.07, 6.45) is 4.86. The van der Waals surface area contributed by atoms with Crippen molar-refractivity contribution in [2.24, 2.45) is 11.8 Å². The molecule has 1 aromatic carbocycles. The number of aromatic nitrogens is 1. The Labute approximate surface area is 141 Å². The quantitative estimate of drug-likeness (QED) is 0.918. The molecule has 0 spiro atoms. The zero-order valence-corrected chi connectivity index (χ0v) is 14.0. The molecule has 2 atom stereocenters. The van der Waals surface area contributed by atoms with Gasteiger partial charge in [0.2, 0.25) is 11.8 Å². The molecule has 1 N–H and O–H groups in total. The van der Waals surface area contributed by atoms with Crippen LogP contribution >= 0.6 is 0 Å². The number of rotatable bonds is 5. The molecule has 1 aliphatic carbocycles. The van der Waals surface area contributed by atoms with Gasteiger partial charge in [-0.15, -0.1) is 0 Å². The van der Waals surface area contributed by atoms with E-state index in [4.69, 9.17) is 9.47 Å². The van der Waals surface area contributed by atoms with Crippen LogP contribution in [-0.2, 0) is 4.79 Å². The highest BCUT2D eigenvalue weighted by atomic mass is 16.5. The lowest BCUT2D eigenvalue weighted by Crippen LogP contribution is -2.35. The van der Waals surface area contributed by atoms with Crippen LogP contribution < -0.4 is 14.8 Å². The Bertz CT molecular complexity index is 786. The first-order valence-electron chi connectivity index (χ1n) is 8.51. The summed E-state index contributed by atoms with van der Waals surface area (Å²) in [7, 11) is 1.67. The second kappa shape index (κ2) is 5.96. The fourth-order valence-corrected chi connectivity index (χ4v) is 3.71. The monoisotopic (exact) mass is 326 g/mol. The van der Waals surface area contributed by atoms with Crippen molar-refractivity contribution in [1.29, 1.82) is 0 Å². The van der Waals surface area contributed by atoms with Crippen LogP contribution in [0.5, 0.6) is 11.6 Å². The van der Waals surface area contributed by atoms with Crippen LogP contribution in [0.2, 0.25) is 0 Å². The summed E-state index contributed by atoms with van der Waals surface area (Å²) < 4.78 is 11.4. The Hall–Kier alpha value is -2.30. The standard InChI is InChI=1S/C19H22N2O3/c1-11-7-13-5-6-20-19(15(13)8-17(11)23-2)24-10-16-14(12-3-4-12)9-18(22)21-16/h5-8,12,14,16H,3-4,9-10H2,1-2H3,(H,21,22)/t14?,16-/m1/s1. The molecule has 2 heterocycles. The smallest absolute Gasteiger partial charge is 0.221 e. The predicted molar refractivity (Wildman–Crippen MR) is 91.3 cm³/mol. The number of nitrogens with one attached hydrogen (secondary N) is 1. The fraction of sp³-hybridized carbons (Fsp3) is 0.474. The number of hydrogen-bond acceptors (Lipinski definition) is 4. The van der Waals surface area contributed by atoms with E-state index in [1.54, 1.807) is 13.3 Å². The number of ether oxygens (including phenoxy) is 2. The summed E-state index contributed by atoms with van der Waals surface area (Å²) in [6.45, 7) is 2.49. The average molecular weight is 326 g/mol. The minimum atomic E-state index is 0.0920. The fourth-order valence-electron chi connectivity index (χ4n) is 3.71. The van der Waals surface area contributed by atoms with E-state index in [2.05, 4.69) is 16.4 Å². The number of pyridine rings is 1. The van der Waals surface area contributed by atoms with Crippen LogP contribution in [-0.4, -0.2) is 30.6 Å². The van der Waals surface area contributed by atoms with Crippen LogP contribution in [0.1, 0.15) is 24.8 Å². The van der Waals surface area contributed by atoms with Crippen molar-refractivity contribution in [3.05, 3.63) is 30.0 Å². The van der Waals surface area contributed by atoms with Gasteiger partial charge in [-0.25, -0.2) is 4.98 Å². The maximum atomic E-state index is 11.7. The lowest BCUT2D eigenvalue weighted by Gasteiger charge is -2.19. The molecule has 4 rings (SSSR count). The zero-order valence-electron chi connectivity index (χ0n) is 14.0. The molecule has 24 heavy (non-hydrogen) atoms. The number of methoxy groups -OCH3 is 1. The Morgan fingerprint density at radius 3 is 2.92 bits per heavy atom. The molecule has 126 valence electrons. The Balaban J connectivity index is 1.57. The summed E-state index contributed by atoms with van der Waals surface area (Å²) in [6, 6.07) is 6.11. The SMILES string of the molecule is COc1cc2c(OC[C@H]3NC(=O)CC3C3CC3)nccc2cc1C. The summed E-state index contributed by atoms with van der Waals surface area (Å²) in [5.74, 6) is 2.65. The second-order valence-electron chi connectivity index (χ2n) is 6.85. The van der Waals surface area contributed by atoms with Gasteiger partial charge in [-0.2, -0.15) is 0 Å². The van der Waals surface area contributed by atoms with E-state index >= 15 is 0 Å². The molecular formula is C19H22N2O3. The van der Waals surface area contributed by atoms with Gasteiger partial charge in [-0.05, 0) is 60.7 Å². The molecule has 5 heteroatoms. The van der Waals surface area contributed by atoms with Crippen LogP contribution in [0.4, 0.5) is 0 Å². The number of hydrogen-bond donors (Lipinski definition) is 1. The normalized spacial score (nSPS) is 23.3. The van der Waals surface area contributed by atoms with E-state index in [0.29, 0.717) is 30.7 Å². The molecule has 0 radical (unpaired) electrons. The number of carbonyl (C=O) groups excluding carboxylic acids is 1. The lowest BCUT2D eigenvalue weighted by atomic mass is 9.96. The lowest BCUT2D eigenvalue weighted by molar-refractivity contribution is -0.119. The molecular weight excluding hydrogens is 304 g/mol. The van der Waals surface area contributed by atoms with Gasteiger partial charge in [0, 0.05) is 18.0 Å². The molecule has 0 bridgehead atoms. The van der Waals surface area contributed by atoms with Gasteiger partial charge >= 0.3 is 0 Å². The van der Waals surface area contributed by atoms with Crippen LogP contribution in [0.3, 0.4) is 0 Å². The third-order valence-electron chi connectivity index (χ3n) is 5.15. The van der Waals surface area contributed by atoms with Crippen LogP contribution in [0.15, 0.2) is 24.4 Å². The zero-order chi connectivity index (χ0) is 16.7. The first-order valence-corrected chi connectivity index (χ1v) is 8.51. The molecule has 5 nitrogen and oxygen atoms in total. The van der Waals surface area contributed by atoms with Crippen molar-refractivity contribution in [1.82, 2.24) is 10.3 Å². The van der Waals surface area contributed by atoms with Gasteiger partial charge in [-0.1, -0.05) is 0 Å².